The summed E-state index contributed by atoms with van der Waals surface area (Å²) in [5.74, 6) is -0.617. The molecule has 1 saturated heterocycles. The van der Waals surface area contributed by atoms with Crippen molar-refractivity contribution in [3.05, 3.63) is 83.2 Å². The molecule has 4 rings (SSSR count). The molecular weight excluding hydrogens is 394 g/mol. The number of hydrogen-bond donors (Lipinski definition) is 1. The molecule has 1 fully saturated rings. The number of ether oxygens (including phenoxy) is 1. The summed E-state index contributed by atoms with van der Waals surface area (Å²) < 4.78 is 7.14. The van der Waals surface area contributed by atoms with Crippen molar-refractivity contribution < 1.29 is 19.1 Å². The first-order chi connectivity index (χ1) is 14.9. The van der Waals surface area contributed by atoms with Gasteiger partial charge in [0.1, 0.15) is 11.3 Å². The third-order valence-corrected chi connectivity index (χ3v) is 5.15. The Hall–Kier alpha value is -4.13. The highest BCUT2D eigenvalue weighted by molar-refractivity contribution is 6.39. The number of anilines is 1. The first-order valence-electron chi connectivity index (χ1n) is 9.69. The number of aryl methyl sites for hydroxylation is 2. The highest BCUT2D eigenvalue weighted by Crippen LogP contribution is 2.26. The number of nitrogens with one attached hydrogen (secondary N) is 1. The van der Waals surface area contributed by atoms with Crippen LogP contribution in [0.1, 0.15) is 16.8 Å². The van der Waals surface area contributed by atoms with Gasteiger partial charge in [0.15, 0.2) is 0 Å². The Balaban J connectivity index is 1.70. The van der Waals surface area contributed by atoms with E-state index < -0.39 is 17.8 Å². The molecule has 2 aromatic carbocycles. The van der Waals surface area contributed by atoms with Crippen LogP contribution in [0, 0.1) is 13.8 Å². The van der Waals surface area contributed by atoms with Gasteiger partial charge in [0.25, 0.3) is 11.8 Å². The van der Waals surface area contributed by atoms with Crippen LogP contribution in [0.4, 0.5) is 10.5 Å². The Kier molecular flexibility index (Phi) is 5.17. The van der Waals surface area contributed by atoms with Gasteiger partial charge in [0.05, 0.1) is 12.8 Å². The lowest BCUT2D eigenvalue weighted by atomic mass is 10.1. The highest BCUT2D eigenvalue weighted by atomic mass is 16.5. The maximum Gasteiger partial charge on any atom is 0.335 e. The number of hydrogen-bond acceptors (Lipinski definition) is 4. The van der Waals surface area contributed by atoms with Crippen LogP contribution in [-0.2, 0) is 9.59 Å². The molecular formula is C24H21N3O4. The summed E-state index contributed by atoms with van der Waals surface area (Å²) in [5, 5.41) is 2.26. The second kappa shape index (κ2) is 7.95. The van der Waals surface area contributed by atoms with Crippen molar-refractivity contribution in [3.63, 3.8) is 0 Å². The van der Waals surface area contributed by atoms with Crippen LogP contribution in [0.15, 0.2) is 66.4 Å². The number of rotatable bonds is 4. The van der Waals surface area contributed by atoms with E-state index in [9.17, 15) is 14.4 Å². The maximum atomic E-state index is 13.1. The maximum absolute atomic E-state index is 13.1. The molecule has 0 atom stereocenters. The molecule has 7 heteroatoms. The van der Waals surface area contributed by atoms with Gasteiger partial charge < -0.3 is 9.30 Å². The van der Waals surface area contributed by atoms with E-state index >= 15 is 0 Å². The van der Waals surface area contributed by atoms with E-state index in [2.05, 4.69) is 5.32 Å². The van der Waals surface area contributed by atoms with E-state index in [-0.39, 0.29) is 5.57 Å². The smallest absolute Gasteiger partial charge is 0.335 e. The summed E-state index contributed by atoms with van der Waals surface area (Å²) in [6, 6.07) is 15.7. The summed E-state index contributed by atoms with van der Waals surface area (Å²) in [7, 11) is 1.61. The van der Waals surface area contributed by atoms with Crippen LogP contribution in [0.2, 0.25) is 0 Å². The third kappa shape index (κ3) is 3.73. The van der Waals surface area contributed by atoms with Crippen molar-refractivity contribution in [2.24, 2.45) is 0 Å². The SMILES string of the molecule is COc1ccc(-n2cc(/C=C3/C(=O)NC(=O)N(c4ccccc4C)C3=O)cc2C)cc1. The zero-order valence-corrected chi connectivity index (χ0v) is 17.4. The first-order valence-corrected chi connectivity index (χ1v) is 9.69. The third-order valence-electron chi connectivity index (χ3n) is 5.15. The highest BCUT2D eigenvalue weighted by Gasteiger charge is 2.37. The van der Waals surface area contributed by atoms with Crippen LogP contribution < -0.4 is 15.0 Å². The predicted molar refractivity (Wildman–Crippen MR) is 117 cm³/mol. The van der Waals surface area contributed by atoms with Gasteiger partial charge in [0, 0.05) is 17.6 Å². The summed E-state index contributed by atoms with van der Waals surface area (Å²) in [5.41, 5.74) is 3.60. The minimum atomic E-state index is -0.756. The lowest BCUT2D eigenvalue weighted by Crippen LogP contribution is -2.54. The average Bonchev–Trinajstić information content (AvgIpc) is 3.12. The van der Waals surface area contributed by atoms with Gasteiger partial charge in [0.2, 0.25) is 0 Å². The first kappa shape index (κ1) is 20.2. The number of barbiturate groups is 1. The molecule has 1 aromatic heterocycles. The number of carbonyl (C=O) groups excluding carboxylic acids is 3. The molecule has 1 aliphatic heterocycles. The monoisotopic (exact) mass is 415 g/mol. The van der Waals surface area contributed by atoms with Crippen molar-refractivity contribution in [2.75, 3.05) is 12.0 Å². The quantitative estimate of drug-likeness (QED) is 0.520. The Morgan fingerprint density at radius 2 is 1.68 bits per heavy atom. The van der Waals surface area contributed by atoms with E-state index in [1.165, 1.54) is 6.08 Å². The summed E-state index contributed by atoms with van der Waals surface area (Å²) in [6.07, 6.45) is 3.33. The fourth-order valence-corrected chi connectivity index (χ4v) is 3.56. The van der Waals surface area contributed by atoms with Gasteiger partial charge in [-0.1, -0.05) is 18.2 Å². The minimum absolute atomic E-state index is 0.102. The van der Waals surface area contributed by atoms with E-state index in [4.69, 9.17) is 4.74 Å². The zero-order chi connectivity index (χ0) is 22.1. The van der Waals surface area contributed by atoms with Crippen molar-refractivity contribution in [2.45, 2.75) is 13.8 Å². The van der Waals surface area contributed by atoms with Gasteiger partial charge in [-0.3, -0.25) is 14.9 Å². The topological polar surface area (TPSA) is 80.6 Å². The van der Waals surface area contributed by atoms with E-state index in [1.807, 2.05) is 54.1 Å². The number of urea groups is 1. The summed E-state index contributed by atoms with van der Waals surface area (Å²) >= 11 is 0. The molecule has 156 valence electrons. The molecule has 2 heterocycles. The summed E-state index contributed by atoms with van der Waals surface area (Å²) in [4.78, 5) is 38.9. The lowest BCUT2D eigenvalue weighted by molar-refractivity contribution is -0.122. The number of amides is 4. The Labute approximate surface area is 179 Å². The number of nitrogens with zero attached hydrogens (tertiary/aromatic N) is 2. The largest absolute Gasteiger partial charge is 0.497 e. The number of methoxy groups -OCH3 is 1. The van der Waals surface area contributed by atoms with E-state index in [0.717, 1.165) is 27.6 Å². The molecule has 0 saturated carbocycles. The normalized spacial score (nSPS) is 15.4. The van der Waals surface area contributed by atoms with E-state index in [0.29, 0.717) is 11.3 Å². The molecule has 4 amide bonds. The Morgan fingerprint density at radius 3 is 2.35 bits per heavy atom. The number of benzene rings is 2. The molecule has 1 aliphatic rings. The Bertz CT molecular complexity index is 1220. The van der Waals surface area contributed by atoms with Crippen molar-refractivity contribution in [1.82, 2.24) is 9.88 Å². The van der Waals surface area contributed by atoms with Crippen LogP contribution in [-0.4, -0.2) is 29.5 Å². The average molecular weight is 415 g/mol. The molecule has 0 spiro atoms. The fraction of sp³-hybridized carbons (Fsp3) is 0.125. The second-order valence-electron chi connectivity index (χ2n) is 7.23. The molecule has 31 heavy (non-hydrogen) atoms. The number of imide groups is 2. The number of para-hydroxylation sites is 1. The molecule has 0 aliphatic carbocycles. The lowest BCUT2D eigenvalue weighted by Gasteiger charge is -2.27. The van der Waals surface area contributed by atoms with Crippen LogP contribution in [0.5, 0.6) is 5.75 Å². The van der Waals surface area contributed by atoms with Crippen LogP contribution in [0.25, 0.3) is 11.8 Å². The standard InChI is InChI=1S/C24H21N3O4/c1-15-6-4-5-7-21(15)27-23(29)20(22(28)25-24(27)30)13-17-12-16(2)26(14-17)18-8-10-19(31-3)11-9-18/h4-14H,1-3H3,(H,25,28,30)/b20-13-. The van der Waals surface area contributed by atoms with Crippen molar-refractivity contribution in [1.29, 1.82) is 0 Å². The van der Waals surface area contributed by atoms with Gasteiger partial charge in [-0.15, -0.1) is 0 Å². The van der Waals surface area contributed by atoms with Crippen molar-refractivity contribution in [3.8, 4) is 11.4 Å². The van der Waals surface area contributed by atoms with Crippen molar-refractivity contribution >= 4 is 29.6 Å². The number of aromatic nitrogens is 1. The Morgan fingerprint density at radius 1 is 0.968 bits per heavy atom. The summed E-state index contributed by atoms with van der Waals surface area (Å²) in [6.45, 7) is 3.73. The molecule has 1 N–H and O–H groups in total. The van der Waals surface area contributed by atoms with Gasteiger partial charge in [-0.25, -0.2) is 9.69 Å². The van der Waals surface area contributed by atoms with Gasteiger partial charge in [-0.05, 0) is 67.4 Å². The zero-order valence-electron chi connectivity index (χ0n) is 17.4. The molecule has 0 bridgehead atoms. The predicted octanol–water partition coefficient (Wildman–Crippen LogP) is 3.77. The second-order valence-corrected chi connectivity index (χ2v) is 7.23. The fourth-order valence-electron chi connectivity index (χ4n) is 3.56. The molecule has 0 unspecified atom stereocenters. The minimum Gasteiger partial charge on any atom is -0.497 e. The molecule has 0 radical (unpaired) electrons. The van der Waals surface area contributed by atoms with Crippen LogP contribution in [0.3, 0.4) is 0 Å². The van der Waals surface area contributed by atoms with E-state index in [1.54, 1.807) is 32.2 Å². The van der Waals surface area contributed by atoms with Gasteiger partial charge >= 0.3 is 6.03 Å². The number of carbonyl (C=O) groups is 3. The molecule has 3 aromatic rings. The molecule has 7 nitrogen and oxygen atoms in total. The van der Waals surface area contributed by atoms with Crippen LogP contribution >= 0.6 is 0 Å². The van der Waals surface area contributed by atoms with Gasteiger partial charge in [-0.2, -0.15) is 0 Å².